The smallest absolute Gasteiger partial charge is 0.308 e. The van der Waals surface area contributed by atoms with Gasteiger partial charge in [0.05, 0.1) is 19.1 Å². The first kappa shape index (κ1) is 9.97. The molecular weight excluding hydrogens is 180 g/mol. The molecule has 0 aromatic carbocycles. The van der Waals surface area contributed by atoms with Crippen LogP contribution in [0.2, 0.25) is 0 Å². The van der Waals surface area contributed by atoms with Crippen molar-refractivity contribution in [3.8, 4) is 0 Å². The van der Waals surface area contributed by atoms with Crippen LogP contribution in [0.1, 0.15) is 32.1 Å². The molecule has 0 aromatic rings. The van der Waals surface area contributed by atoms with Crippen LogP contribution in [0.5, 0.6) is 0 Å². The fourth-order valence-electron chi connectivity index (χ4n) is 3.09. The van der Waals surface area contributed by atoms with Crippen LogP contribution >= 0.6 is 0 Å². The predicted molar refractivity (Wildman–Crippen MR) is 51.6 cm³/mol. The Morgan fingerprint density at radius 1 is 1.21 bits per heavy atom. The SMILES string of the molecule is COC(=O)[C@H]1C[C@H]2C[C@@H](O)CC[C@H]2C1. The van der Waals surface area contributed by atoms with Gasteiger partial charge >= 0.3 is 5.97 Å². The van der Waals surface area contributed by atoms with Gasteiger partial charge in [0, 0.05) is 0 Å². The number of aliphatic hydroxyl groups excluding tert-OH is 1. The van der Waals surface area contributed by atoms with E-state index in [0.717, 1.165) is 32.1 Å². The number of ether oxygens (including phenoxy) is 1. The Morgan fingerprint density at radius 2 is 1.93 bits per heavy atom. The highest BCUT2D eigenvalue weighted by Gasteiger charge is 2.41. The van der Waals surface area contributed by atoms with Gasteiger partial charge in [-0.1, -0.05) is 0 Å². The average Bonchev–Trinajstić information content (AvgIpc) is 2.59. The summed E-state index contributed by atoms with van der Waals surface area (Å²) < 4.78 is 4.77. The standard InChI is InChI=1S/C11H18O3/c1-14-11(13)9-4-7-2-3-10(12)6-8(7)5-9/h7-10,12H,2-6H2,1H3/t7-,8-,9+,10-/m0/s1. The fraction of sp³-hybridized carbons (Fsp3) is 0.909. The maximum absolute atomic E-state index is 11.4. The van der Waals surface area contributed by atoms with E-state index < -0.39 is 0 Å². The second kappa shape index (κ2) is 3.89. The van der Waals surface area contributed by atoms with Gasteiger partial charge in [0.1, 0.15) is 0 Å². The maximum atomic E-state index is 11.4. The van der Waals surface area contributed by atoms with Gasteiger partial charge in [-0.2, -0.15) is 0 Å². The topological polar surface area (TPSA) is 46.5 Å². The number of hydrogen-bond acceptors (Lipinski definition) is 3. The van der Waals surface area contributed by atoms with Crippen molar-refractivity contribution in [2.24, 2.45) is 17.8 Å². The quantitative estimate of drug-likeness (QED) is 0.647. The first-order chi connectivity index (χ1) is 6.70. The van der Waals surface area contributed by atoms with Crippen molar-refractivity contribution < 1.29 is 14.6 Å². The third-order valence-electron chi connectivity index (χ3n) is 3.82. The molecule has 2 rings (SSSR count). The van der Waals surface area contributed by atoms with Crippen LogP contribution in [-0.2, 0) is 9.53 Å². The molecule has 1 N–H and O–H groups in total. The molecule has 2 aliphatic carbocycles. The molecule has 0 aromatic heterocycles. The predicted octanol–water partition coefficient (Wildman–Crippen LogP) is 1.35. The van der Waals surface area contributed by atoms with Crippen molar-refractivity contribution >= 4 is 5.97 Å². The molecular formula is C11H18O3. The second-order valence-corrected chi connectivity index (χ2v) is 4.68. The molecule has 0 amide bonds. The first-order valence-corrected chi connectivity index (χ1v) is 5.46. The van der Waals surface area contributed by atoms with E-state index in [1.807, 2.05) is 0 Å². The van der Waals surface area contributed by atoms with Crippen molar-refractivity contribution in [3.63, 3.8) is 0 Å². The number of methoxy groups -OCH3 is 1. The monoisotopic (exact) mass is 198 g/mol. The number of fused-ring (bicyclic) bond motifs is 1. The van der Waals surface area contributed by atoms with Crippen LogP contribution in [0.3, 0.4) is 0 Å². The molecule has 0 spiro atoms. The van der Waals surface area contributed by atoms with Crippen molar-refractivity contribution in [2.75, 3.05) is 7.11 Å². The van der Waals surface area contributed by atoms with E-state index >= 15 is 0 Å². The van der Waals surface area contributed by atoms with E-state index in [4.69, 9.17) is 4.74 Å². The van der Waals surface area contributed by atoms with Gasteiger partial charge in [0.15, 0.2) is 0 Å². The Kier molecular flexibility index (Phi) is 2.77. The molecule has 0 radical (unpaired) electrons. The van der Waals surface area contributed by atoms with Crippen LogP contribution in [0.15, 0.2) is 0 Å². The van der Waals surface area contributed by atoms with Crippen LogP contribution < -0.4 is 0 Å². The zero-order valence-corrected chi connectivity index (χ0v) is 8.61. The van der Waals surface area contributed by atoms with Crippen molar-refractivity contribution in [2.45, 2.75) is 38.2 Å². The van der Waals surface area contributed by atoms with Crippen LogP contribution in [0.25, 0.3) is 0 Å². The fourth-order valence-corrected chi connectivity index (χ4v) is 3.09. The molecule has 4 atom stereocenters. The summed E-state index contributed by atoms with van der Waals surface area (Å²) in [5.74, 6) is 1.25. The molecule has 3 heteroatoms. The molecule has 0 bridgehead atoms. The Labute approximate surface area is 84.4 Å². The molecule has 2 aliphatic rings. The number of rotatable bonds is 1. The molecule has 14 heavy (non-hydrogen) atoms. The minimum absolute atomic E-state index is 0.0612. The Hall–Kier alpha value is -0.570. The van der Waals surface area contributed by atoms with Gasteiger partial charge in [0.25, 0.3) is 0 Å². The number of hydrogen-bond donors (Lipinski definition) is 1. The summed E-state index contributed by atoms with van der Waals surface area (Å²) in [4.78, 5) is 11.4. The molecule has 3 nitrogen and oxygen atoms in total. The van der Waals surface area contributed by atoms with Gasteiger partial charge in [-0.3, -0.25) is 4.79 Å². The highest BCUT2D eigenvalue weighted by Crippen LogP contribution is 2.45. The summed E-state index contributed by atoms with van der Waals surface area (Å²) in [5, 5.41) is 9.52. The molecule has 2 saturated carbocycles. The van der Waals surface area contributed by atoms with Crippen molar-refractivity contribution in [3.05, 3.63) is 0 Å². The zero-order valence-electron chi connectivity index (χ0n) is 8.61. The van der Waals surface area contributed by atoms with Crippen molar-refractivity contribution in [1.29, 1.82) is 0 Å². The Balaban J connectivity index is 1.95. The summed E-state index contributed by atoms with van der Waals surface area (Å²) in [7, 11) is 1.46. The molecule has 0 heterocycles. The highest BCUT2D eigenvalue weighted by atomic mass is 16.5. The van der Waals surface area contributed by atoms with E-state index in [0.29, 0.717) is 11.8 Å². The van der Waals surface area contributed by atoms with Gasteiger partial charge < -0.3 is 9.84 Å². The van der Waals surface area contributed by atoms with E-state index in [1.54, 1.807) is 0 Å². The lowest BCUT2D eigenvalue weighted by Crippen LogP contribution is -2.23. The van der Waals surface area contributed by atoms with Crippen LogP contribution in [-0.4, -0.2) is 24.3 Å². The van der Waals surface area contributed by atoms with E-state index in [9.17, 15) is 9.90 Å². The summed E-state index contributed by atoms with van der Waals surface area (Å²) in [6.07, 6.45) is 4.65. The summed E-state index contributed by atoms with van der Waals surface area (Å²) in [6.45, 7) is 0. The minimum atomic E-state index is -0.132. The molecule has 0 unspecified atom stereocenters. The van der Waals surface area contributed by atoms with E-state index in [-0.39, 0.29) is 18.0 Å². The number of aliphatic hydroxyl groups is 1. The molecule has 80 valence electrons. The second-order valence-electron chi connectivity index (χ2n) is 4.68. The molecule has 0 aliphatic heterocycles. The Bertz CT molecular complexity index is 227. The number of carbonyl (C=O) groups excluding carboxylic acids is 1. The summed E-state index contributed by atoms with van der Waals surface area (Å²) in [5.41, 5.74) is 0. The zero-order chi connectivity index (χ0) is 10.1. The summed E-state index contributed by atoms with van der Waals surface area (Å²) >= 11 is 0. The summed E-state index contributed by atoms with van der Waals surface area (Å²) in [6, 6.07) is 0. The highest BCUT2D eigenvalue weighted by molar-refractivity contribution is 5.72. The third kappa shape index (κ3) is 1.78. The number of esters is 1. The molecule has 0 saturated heterocycles. The van der Waals surface area contributed by atoms with Gasteiger partial charge in [0.2, 0.25) is 0 Å². The lowest BCUT2D eigenvalue weighted by Gasteiger charge is -2.28. The first-order valence-electron chi connectivity index (χ1n) is 5.46. The lowest BCUT2D eigenvalue weighted by molar-refractivity contribution is -0.145. The van der Waals surface area contributed by atoms with Gasteiger partial charge in [-0.15, -0.1) is 0 Å². The van der Waals surface area contributed by atoms with Crippen LogP contribution in [0.4, 0.5) is 0 Å². The third-order valence-corrected chi connectivity index (χ3v) is 3.82. The van der Waals surface area contributed by atoms with Gasteiger partial charge in [-0.05, 0) is 43.9 Å². The van der Waals surface area contributed by atoms with E-state index in [1.165, 1.54) is 7.11 Å². The van der Waals surface area contributed by atoms with Gasteiger partial charge in [-0.25, -0.2) is 0 Å². The largest absolute Gasteiger partial charge is 0.469 e. The maximum Gasteiger partial charge on any atom is 0.308 e. The minimum Gasteiger partial charge on any atom is -0.469 e. The van der Waals surface area contributed by atoms with Crippen molar-refractivity contribution in [1.82, 2.24) is 0 Å². The van der Waals surface area contributed by atoms with Crippen LogP contribution in [0, 0.1) is 17.8 Å². The average molecular weight is 198 g/mol. The number of carbonyl (C=O) groups is 1. The van der Waals surface area contributed by atoms with E-state index in [2.05, 4.69) is 0 Å². The Morgan fingerprint density at radius 3 is 2.64 bits per heavy atom. The normalized spacial score (nSPS) is 41.9. The molecule has 2 fully saturated rings. The lowest BCUT2D eigenvalue weighted by atomic mass is 9.80.